The Balaban J connectivity index is 1.35. The molecule has 0 bridgehead atoms. The number of alkyl halides is 3. The highest BCUT2D eigenvalue weighted by Crippen LogP contribution is 2.36. The minimum atomic E-state index is -4.23. The molecule has 1 atom stereocenters. The molecule has 0 N–H and O–H groups in total. The van der Waals surface area contributed by atoms with Crippen LogP contribution in [-0.2, 0) is 16.0 Å². The number of nitrogens with zero attached hydrogens (tertiary/aromatic N) is 3. The van der Waals surface area contributed by atoms with Crippen molar-refractivity contribution in [1.29, 1.82) is 0 Å². The first kappa shape index (κ1) is 25.8. The predicted octanol–water partition coefficient (Wildman–Crippen LogP) is 4.66. The summed E-state index contributed by atoms with van der Waals surface area (Å²) in [5.41, 5.74) is 2.04. The fourth-order valence-corrected chi connectivity index (χ4v) is 4.52. The van der Waals surface area contributed by atoms with Crippen molar-refractivity contribution in [3.05, 3.63) is 35.7 Å². The van der Waals surface area contributed by atoms with E-state index in [1.165, 1.54) is 20.2 Å². The molecule has 1 fully saturated rings. The first-order valence-corrected chi connectivity index (χ1v) is 12.0. The molecule has 0 saturated carbocycles. The van der Waals surface area contributed by atoms with Gasteiger partial charge in [0.2, 0.25) is 11.8 Å². The van der Waals surface area contributed by atoms with Gasteiger partial charge in [-0.2, -0.15) is 13.2 Å². The SMILES string of the molecule is COc1cc(N2CCC(COc3cc4c(cn3)OCCC4OC(C)=O)CC2)c(CCC(F)(F)F)cn1. The molecule has 0 radical (unpaired) electrons. The van der Waals surface area contributed by atoms with Gasteiger partial charge in [0, 0.05) is 62.4 Å². The van der Waals surface area contributed by atoms with Crippen molar-refractivity contribution in [2.45, 2.75) is 51.3 Å². The van der Waals surface area contributed by atoms with Gasteiger partial charge in [0.15, 0.2) is 0 Å². The highest BCUT2D eigenvalue weighted by atomic mass is 19.4. The van der Waals surface area contributed by atoms with Crippen LogP contribution in [-0.4, -0.2) is 55.5 Å². The molecule has 196 valence electrons. The quantitative estimate of drug-likeness (QED) is 0.475. The van der Waals surface area contributed by atoms with E-state index in [2.05, 4.69) is 14.9 Å². The lowest BCUT2D eigenvalue weighted by atomic mass is 9.96. The van der Waals surface area contributed by atoms with Gasteiger partial charge in [-0.3, -0.25) is 4.79 Å². The van der Waals surface area contributed by atoms with Gasteiger partial charge in [-0.25, -0.2) is 9.97 Å². The number of fused-ring (bicyclic) bond motifs is 1. The van der Waals surface area contributed by atoms with Crippen LogP contribution in [0.15, 0.2) is 24.5 Å². The molecule has 2 aliphatic heterocycles. The summed E-state index contributed by atoms with van der Waals surface area (Å²) in [7, 11) is 1.49. The van der Waals surface area contributed by atoms with Crippen molar-refractivity contribution < 1.29 is 36.9 Å². The molecule has 1 saturated heterocycles. The Morgan fingerprint density at radius 2 is 1.89 bits per heavy atom. The third-order valence-corrected chi connectivity index (χ3v) is 6.41. The lowest BCUT2D eigenvalue weighted by Crippen LogP contribution is -2.36. The number of aromatic nitrogens is 2. The molecule has 0 aromatic carbocycles. The number of hydrogen-bond donors (Lipinski definition) is 0. The maximum Gasteiger partial charge on any atom is 0.389 e. The van der Waals surface area contributed by atoms with Crippen LogP contribution in [0.5, 0.6) is 17.5 Å². The first-order valence-electron chi connectivity index (χ1n) is 12.0. The summed E-state index contributed by atoms with van der Waals surface area (Å²) in [6, 6.07) is 3.47. The molecule has 2 aromatic heterocycles. The van der Waals surface area contributed by atoms with Crippen molar-refractivity contribution in [2.75, 3.05) is 38.3 Å². The number of ether oxygens (including phenoxy) is 4. The van der Waals surface area contributed by atoms with E-state index in [1.54, 1.807) is 18.3 Å². The van der Waals surface area contributed by atoms with Crippen molar-refractivity contribution in [3.8, 4) is 17.5 Å². The summed E-state index contributed by atoms with van der Waals surface area (Å²) in [6.07, 6.45) is -0.373. The Labute approximate surface area is 207 Å². The van der Waals surface area contributed by atoms with E-state index in [9.17, 15) is 18.0 Å². The lowest BCUT2D eigenvalue weighted by molar-refractivity contribution is -0.148. The number of carbonyl (C=O) groups is 1. The molecule has 4 heterocycles. The Kier molecular flexibility index (Phi) is 8.05. The molecule has 8 nitrogen and oxygen atoms in total. The monoisotopic (exact) mass is 509 g/mol. The smallest absolute Gasteiger partial charge is 0.389 e. The number of rotatable bonds is 8. The molecule has 0 aliphatic carbocycles. The van der Waals surface area contributed by atoms with Gasteiger partial charge in [0.1, 0.15) is 11.9 Å². The van der Waals surface area contributed by atoms with Crippen LogP contribution in [0.4, 0.5) is 18.9 Å². The van der Waals surface area contributed by atoms with E-state index in [0.717, 1.165) is 24.1 Å². The van der Waals surface area contributed by atoms with Crippen molar-refractivity contribution in [1.82, 2.24) is 9.97 Å². The summed E-state index contributed by atoms with van der Waals surface area (Å²) >= 11 is 0. The molecule has 1 unspecified atom stereocenters. The highest BCUT2D eigenvalue weighted by Gasteiger charge is 2.29. The van der Waals surface area contributed by atoms with Gasteiger partial charge in [0.25, 0.3) is 0 Å². The van der Waals surface area contributed by atoms with Crippen LogP contribution < -0.4 is 19.1 Å². The van der Waals surface area contributed by atoms with Gasteiger partial charge < -0.3 is 23.8 Å². The normalized spacial score (nSPS) is 18.2. The standard InChI is InChI=1S/C25H30F3N3O5/c1-16(32)36-21-6-10-34-22-14-30-24(11-19(21)22)35-15-17-4-8-31(9-5-17)20-12-23(33-2)29-13-18(20)3-7-25(26,27)28/h11-14,17,21H,3-10,15H2,1-2H3. The van der Waals surface area contributed by atoms with Crippen LogP contribution in [0, 0.1) is 5.92 Å². The Hall–Kier alpha value is -3.24. The highest BCUT2D eigenvalue weighted by molar-refractivity contribution is 5.66. The summed E-state index contributed by atoms with van der Waals surface area (Å²) in [4.78, 5) is 21.9. The maximum atomic E-state index is 12.8. The molecule has 2 aromatic rings. The number of piperidine rings is 1. The summed E-state index contributed by atoms with van der Waals surface area (Å²) in [5, 5.41) is 0. The zero-order valence-corrected chi connectivity index (χ0v) is 20.3. The largest absolute Gasteiger partial charge is 0.491 e. The van der Waals surface area contributed by atoms with Gasteiger partial charge in [-0.1, -0.05) is 0 Å². The van der Waals surface area contributed by atoms with Crippen molar-refractivity contribution in [3.63, 3.8) is 0 Å². The topological polar surface area (TPSA) is 83.0 Å². The van der Waals surface area contributed by atoms with E-state index in [4.69, 9.17) is 18.9 Å². The fourth-order valence-electron chi connectivity index (χ4n) is 4.52. The Bertz CT molecular complexity index is 1060. The molecule has 36 heavy (non-hydrogen) atoms. The zero-order chi connectivity index (χ0) is 25.7. The Morgan fingerprint density at radius 1 is 1.14 bits per heavy atom. The van der Waals surface area contributed by atoms with Crippen molar-refractivity contribution in [2.24, 2.45) is 5.92 Å². The van der Waals surface area contributed by atoms with Crippen LogP contribution in [0.25, 0.3) is 0 Å². The van der Waals surface area contributed by atoms with E-state index in [1.807, 2.05) is 0 Å². The molecular formula is C25H30F3N3O5. The van der Waals surface area contributed by atoms with Crippen LogP contribution in [0.1, 0.15) is 49.8 Å². The van der Waals surface area contributed by atoms with Gasteiger partial charge in [-0.15, -0.1) is 0 Å². The average Bonchev–Trinajstić information content (AvgIpc) is 2.86. The number of carbonyl (C=O) groups excluding carboxylic acids is 1. The minimum Gasteiger partial charge on any atom is -0.491 e. The number of anilines is 1. The van der Waals surface area contributed by atoms with E-state index in [0.29, 0.717) is 55.8 Å². The van der Waals surface area contributed by atoms with Crippen molar-refractivity contribution >= 4 is 11.7 Å². The molecule has 0 amide bonds. The summed E-state index contributed by atoms with van der Waals surface area (Å²) in [6.45, 7) is 3.65. The molecule has 0 spiro atoms. The number of methoxy groups -OCH3 is 1. The minimum absolute atomic E-state index is 0.124. The Morgan fingerprint density at radius 3 is 2.58 bits per heavy atom. The summed E-state index contributed by atoms with van der Waals surface area (Å²) < 4.78 is 60.6. The third kappa shape index (κ3) is 6.70. The zero-order valence-electron chi connectivity index (χ0n) is 20.3. The first-order chi connectivity index (χ1) is 17.2. The number of halogens is 3. The number of esters is 1. The second kappa shape index (κ2) is 11.2. The fraction of sp³-hybridized carbons (Fsp3) is 0.560. The predicted molar refractivity (Wildman–Crippen MR) is 124 cm³/mol. The molecule has 11 heteroatoms. The number of pyridine rings is 2. The van der Waals surface area contributed by atoms with Gasteiger partial charge in [0.05, 0.1) is 26.5 Å². The van der Waals surface area contributed by atoms with E-state index >= 15 is 0 Å². The molecule has 4 rings (SSSR count). The van der Waals surface area contributed by atoms with Crippen LogP contribution in [0.3, 0.4) is 0 Å². The van der Waals surface area contributed by atoms with Gasteiger partial charge >= 0.3 is 12.1 Å². The van der Waals surface area contributed by atoms with Gasteiger partial charge in [-0.05, 0) is 30.7 Å². The second-order valence-electron chi connectivity index (χ2n) is 9.01. The second-order valence-corrected chi connectivity index (χ2v) is 9.01. The van der Waals surface area contributed by atoms with E-state index < -0.39 is 12.6 Å². The van der Waals surface area contributed by atoms with Crippen LogP contribution >= 0.6 is 0 Å². The lowest BCUT2D eigenvalue weighted by Gasteiger charge is -2.34. The van der Waals surface area contributed by atoms with Crippen LogP contribution in [0.2, 0.25) is 0 Å². The summed E-state index contributed by atoms with van der Waals surface area (Å²) in [5.74, 6) is 1.31. The number of hydrogen-bond acceptors (Lipinski definition) is 8. The number of aryl methyl sites for hydroxylation is 1. The van der Waals surface area contributed by atoms with E-state index in [-0.39, 0.29) is 24.4 Å². The third-order valence-electron chi connectivity index (χ3n) is 6.41. The molecular weight excluding hydrogens is 479 g/mol. The average molecular weight is 510 g/mol. The maximum absolute atomic E-state index is 12.8. The molecule has 2 aliphatic rings.